The highest BCUT2D eigenvalue weighted by Gasteiger charge is 2.40. The number of carbonyl (C=O) groups excluding carboxylic acids is 2. The first kappa shape index (κ1) is 33.2. The van der Waals surface area contributed by atoms with E-state index in [9.17, 15) is 14.7 Å². The number of hydrogen-bond acceptors (Lipinski definition) is 6. The van der Waals surface area contributed by atoms with Gasteiger partial charge in [-0.1, -0.05) is 71.4 Å². The molecule has 1 saturated heterocycles. The fourth-order valence-corrected chi connectivity index (χ4v) is 5.67. The van der Waals surface area contributed by atoms with Gasteiger partial charge in [0.1, 0.15) is 6.23 Å². The normalized spacial score (nSPS) is 21.2. The standard InChI is InChI=1S/C31H53N3O5/c1-10-21(4)28(33(7)31(37)22(5)20(2)3)26(38-8)19-27(35)34-18-14-17-25(34)30(39-9)32-23(6)29(36)24-15-12-11-13-16-24/h11-13,15-16,20-23,25-26,28-30,32,36H,10,14,17-19H2,1-9H3/t21?,22-,23?,25?,26?,28?,29?,30?/m0/s1. The lowest BCUT2D eigenvalue weighted by atomic mass is 9.88. The number of nitrogens with one attached hydrogen (secondary N) is 1. The molecule has 1 aliphatic heterocycles. The third-order valence-corrected chi connectivity index (χ3v) is 8.74. The van der Waals surface area contributed by atoms with Crippen LogP contribution < -0.4 is 5.32 Å². The van der Waals surface area contributed by atoms with Crippen molar-refractivity contribution < 1.29 is 24.2 Å². The molecule has 1 aromatic rings. The van der Waals surface area contributed by atoms with Crippen LogP contribution in [0.4, 0.5) is 0 Å². The van der Waals surface area contributed by atoms with Gasteiger partial charge in [0.05, 0.1) is 30.7 Å². The molecule has 2 rings (SSSR count). The molecule has 1 aromatic carbocycles. The molecule has 222 valence electrons. The first-order chi connectivity index (χ1) is 18.5. The molecule has 2 N–H and O–H groups in total. The van der Waals surface area contributed by atoms with E-state index in [-0.39, 0.29) is 54.1 Å². The zero-order valence-electron chi connectivity index (χ0n) is 25.6. The number of nitrogens with zero attached hydrogens (tertiary/aromatic N) is 2. The summed E-state index contributed by atoms with van der Waals surface area (Å²) >= 11 is 0. The maximum Gasteiger partial charge on any atom is 0.225 e. The molecule has 0 aromatic heterocycles. The number of amides is 2. The van der Waals surface area contributed by atoms with Crippen LogP contribution in [0.1, 0.15) is 78.9 Å². The molecule has 0 spiro atoms. The number of likely N-dealkylation sites (tertiary alicyclic amines) is 1. The van der Waals surface area contributed by atoms with Crippen molar-refractivity contribution in [1.82, 2.24) is 15.1 Å². The summed E-state index contributed by atoms with van der Waals surface area (Å²) in [7, 11) is 5.11. The van der Waals surface area contributed by atoms with Gasteiger partial charge >= 0.3 is 0 Å². The van der Waals surface area contributed by atoms with Crippen molar-refractivity contribution in [2.45, 2.75) is 104 Å². The summed E-state index contributed by atoms with van der Waals surface area (Å²) in [6.45, 7) is 12.9. The lowest BCUT2D eigenvalue weighted by molar-refractivity contribution is -0.147. The predicted molar refractivity (Wildman–Crippen MR) is 155 cm³/mol. The highest BCUT2D eigenvalue weighted by molar-refractivity contribution is 5.80. The number of aliphatic hydroxyl groups is 1. The van der Waals surface area contributed by atoms with Crippen LogP contribution in [-0.4, -0.2) is 85.0 Å². The molecule has 39 heavy (non-hydrogen) atoms. The summed E-state index contributed by atoms with van der Waals surface area (Å²) < 4.78 is 11.7. The molecule has 1 fully saturated rings. The Morgan fingerprint density at radius 1 is 1.10 bits per heavy atom. The molecule has 1 aliphatic rings. The van der Waals surface area contributed by atoms with Gasteiger partial charge in [-0.2, -0.15) is 0 Å². The summed E-state index contributed by atoms with van der Waals surface area (Å²) in [6, 6.07) is 8.89. The summed E-state index contributed by atoms with van der Waals surface area (Å²) in [4.78, 5) is 30.7. The molecule has 0 aliphatic carbocycles. The van der Waals surface area contributed by atoms with Gasteiger partial charge in [-0.15, -0.1) is 0 Å². The monoisotopic (exact) mass is 547 g/mol. The van der Waals surface area contributed by atoms with Crippen molar-refractivity contribution >= 4 is 11.8 Å². The number of hydrogen-bond donors (Lipinski definition) is 2. The molecule has 1 heterocycles. The fourth-order valence-electron chi connectivity index (χ4n) is 5.67. The lowest BCUT2D eigenvalue weighted by Crippen LogP contribution is -2.55. The predicted octanol–water partition coefficient (Wildman–Crippen LogP) is 4.23. The largest absolute Gasteiger partial charge is 0.387 e. The van der Waals surface area contributed by atoms with Crippen molar-refractivity contribution in [2.75, 3.05) is 27.8 Å². The van der Waals surface area contributed by atoms with Gasteiger partial charge in [0.25, 0.3) is 0 Å². The van der Waals surface area contributed by atoms with Crippen LogP contribution in [0.15, 0.2) is 30.3 Å². The van der Waals surface area contributed by atoms with Crippen LogP contribution in [-0.2, 0) is 19.1 Å². The molecular formula is C31H53N3O5. The molecule has 0 radical (unpaired) electrons. The highest BCUT2D eigenvalue weighted by atomic mass is 16.5. The van der Waals surface area contributed by atoms with E-state index >= 15 is 0 Å². The zero-order valence-corrected chi connectivity index (χ0v) is 25.6. The molecule has 8 heteroatoms. The first-order valence-electron chi connectivity index (χ1n) is 14.6. The average molecular weight is 548 g/mol. The Balaban J connectivity index is 2.17. The Kier molecular flexibility index (Phi) is 13.4. The van der Waals surface area contributed by atoms with E-state index in [0.29, 0.717) is 6.54 Å². The molecule has 8 atom stereocenters. The van der Waals surface area contributed by atoms with Gasteiger partial charge < -0.3 is 24.4 Å². The number of carbonyl (C=O) groups is 2. The molecule has 0 saturated carbocycles. The van der Waals surface area contributed by atoms with Gasteiger partial charge in [-0.25, -0.2) is 0 Å². The summed E-state index contributed by atoms with van der Waals surface area (Å²) in [5, 5.41) is 14.3. The summed E-state index contributed by atoms with van der Waals surface area (Å²) in [5.74, 6) is 0.361. The van der Waals surface area contributed by atoms with E-state index in [4.69, 9.17) is 9.47 Å². The first-order valence-corrected chi connectivity index (χ1v) is 14.6. The summed E-state index contributed by atoms with van der Waals surface area (Å²) in [5.41, 5.74) is 0.830. The topological polar surface area (TPSA) is 91.3 Å². The van der Waals surface area contributed by atoms with E-state index < -0.39 is 18.4 Å². The van der Waals surface area contributed by atoms with Gasteiger partial charge in [0.2, 0.25) is 11.8 Å². The van der Waals surface area contributed by atoms with Crippen LogP contribution in [0.25, 0.3) is 0 Å². The van der Waals surface area contributed by atoms with Gasteiger partial charge in [0, 0.05) is 39.8 Å². The maximum absolute atomic E-state index is 13.7. The van der Waals surface area contributed by atoms with Crippen LogP contribution in [0.3, 0.4) is 0 Å². The minimum Gasteiger partial charge on any atom is -0.387 e. The molecule has 0 bridgehead atoms. The van der Waals surface area contributed by atoms with Gasteiger partial charge in [0.15, 0.2) is 0 Å². The maximum atomic E-state index is 13.7. The summed E-state index contributed by atoms with van der Waals surface area (Å²) in [6.07, 6.45) is 1.20. The zero-order chi connectivity index (χ0) is 29.3. The highest BCUT2D eigenvalue weighted by Crippen LogP contribution is 2.28. The SMILES string of the molecule is CCC(C)C(C(CC(=O)N1CCCC1C(NC(C)C(O)c1ccccc1)OC)OC)N(C)C(=O)[C@@H](C)C(C)C. The Morgan fingerprint density at radius 3 is 2.28 bits per heavy atom. The number of rotatable bonds is 15. The van der Waals surface area contributed by atoms with Crippen molar-refractivity contribution in [1.29, 1.82) is 0 Å². The van der Waals surface area contributed by atoms with E-state index in [2.05, 4.69) is 33.0 Å². The third-order valence-electron chi connectivity index (χ3n) is 8.74. The van der Waals surface area contributed by atoms with E-state index in [0.717, 1.165) is 24.8 Å². The molecule has 2 amide bonds. The number of aliphatic hydroxyl groups excluding tert-OH is 1. The number of likely N-dealkylation sites (N-methyl/N-ethyl adjacent to an activating group) is 1. The Hall–Kier alpha value is -2.00. The Bertz CT molecular complexity index is 882. The van der Waals surface area contributed by atoms with Crippen molar-refractivity contribution in [2.24, 2.45) is 17.8 Å². The minimum atomic E-state index is -0.704. The smallest absolute Gasteiger partial charge is 0.225 e. The number of benzene rings is 1. The van der Waals surface area contributed by atoms with Crippen LogP contribution in [0.2, 0.25) is 0 Å². The quantitative estimate of drug-likeness (QED) is 0.319. The van der Waals surface area contributed by atoms with E-state index in [1.807, 2.05) is 61.0 Å². The molecule has 8 nitrogen and oxygen atoms in total. The third kappa shape index (κ3) is 8.49. The second-order valence-corrected chi connectivity index (χ2v) is 11.6. The lowest BCUT2D eigenvalue weighted by Gasteiger charge is -2.40. The number of methoxy groups -OCH3 is 2. The van der Waals surface area contributed by atoms with E-state index in [1.165, 1.54) is 0 Å². The van der Waals surface area contributed by atoms with Crippen LogP contribution >= 0.6 is 0 Å². The van der Waals surface area contributed by atoms with Crippen molar-refractivity contribution in [3.63, 3.8) is 0 Å². The molecule has 7 unspecified atom stereocenters. The fraction of sp³-hybridized carbons (Fsp3) is 0.742. The van der Waals surface area contributed by atoms with E-state index in [1.54, 1.807) is 14.2 Å². The van der Waals surface area contributed by atoms with Crippen LogP contribution in [0, 0.1) is 17.8 Å². The van der Waals surface area contributed by atoms with Gasteiger partial charge in [-0.05, 0) is 37.2 Å². The molecular weight excluding hydrogens is 494 g/mol. The average Bonchev–Trinajstić information content (AvgIpc) is 3.44. The van der Waals surface area contributed by atoms with Crippen molar-refractivity contribution in [3.05, 3.63) is 35.9 Å². The van der Waals surface area contributed by atoms with Crippen LogP contribution in [0.5, 0.6) is 0 Å². The minimum absolute atomic E-state index is 0.00415. The number of ether oxygens (including phenoxy) is 2. The Labute approximate surface area is 236 Å². The Morgan fingerprint density at radius 2 is 1.74 bits per heavy atom. The van der Waals surface area contributed by atoms with Gasteiger partial charge in [-0.3, -0.25) is 14.9 Å². The second-order valence-electron chi connectivity index (χ2n) is 11.6. The van der Waals surface area contributed by atoms with Crippen molar-refractivity contribution in [3.8, 4) is 0 Å². The second kappa shape index (κ2) is 15.7.